The summed E-state index contributed by atoms with van der Waals surface area (Å²) in [5.74, 6) is 0. The van der Waals surface area contributed by atoms with Crippen molar-refractivity contribution in [3.8, 4) is 0 Å². The smallest absolute Gasteiger partial charge is 0.321 e. The van der Waals surface area contributed by atoms with Crippen LogP contribution in [0.4, 0.5) is 16.2 Å². The maximum Gasteiger partial charge on any atom is 0.321 e. The molecule has 0 unspecified atom stereocenters. The van der Waals surface area contributed by atoms with E-state index in [0.717, 1.165) is 32.1 Å². The summed E-state index contributed by atoms with van der Waals surface area (Å²) >= 11 is 0. The largest absolute Gasteiger partial charge is 0.376 e. The Bertz CT molecular complexity index is 657. The second-order valence-electron chi connectivity index (χ2n) is 5.97. The summed E-state index contributed by atoms with van der Waals surface area (Å²) in [4.78, 5) is 14.3. The van der Waals surface area contributed by atoms with Crippen LogP contribution < -0.4 is 10.0 Å². The molecule has 0 aliphatic carbocycles. The molecule has 2 N–H and O–H groups in total. The molecule has 2 amide bonds. The molecular weight excluding hydrogens is 330 g/mol. The van der Waals surface area contributed by atoms with E-state index in [-0.39, 0.29) is 12.1 Å². The molecule has 2 rings (SSSR count). The Hall–Kier alpha value is -1.80. The normalized spacial score (nSPS) is 17.5. The van der Waals surface area contributed by atoms with Gasteiger partial charge in [0.25, 0.3) is 0 Å². The highest BCUT2D eigenvalue weighted by molar-refractivity contribution is 7.92. The third-order valence-corrected chi connectivity index (χ3v) is 4.25. The second-order valence-corrected chi connectivity index (χ2v) is 7.71. The van der Waals surface area contributed by atoms with Gasteiger partial charge >= 0.3 is 6.03 Å². The standard InChI is InChI=1S/C16H25N3O4S/c1-3-9-19(12-15-8-5-10-23-15)16(20)17-13-6-4-7-14(11-13)18-24(2,21)22/h4,6-7,11,15,18H,3,5,8-10,12H2,1-2H3,(H,17,20)/t15-/m1/s1. The molecule has 0 spiro atoms. The Morgan fingerprint density at radius 2 is 2.12 bits per heavy atom. The van der Waals surface area contributed by atoms with Gasteiger partial charge in [0.15, 0.2) is 0 Å². The van der Waals surface area contributed by atoms with Crippen LogP contribution in [0.25, 0.3) is 0 Å². The van der Waals surface area contributed by atoms with E-state index in [4.69, 9.17) is 4.74 Å². The van der Waals surface area contributed by atoms with Gasteiger partial charge in [-0.1, -0.05) is 13.0 Å². The Morgan fingerprint density at radius 3 is 2.75 bits per heavy atom. The first-order chi connectivity index (χ1) is 11.4. The lowest BCUT2D eigenvalue weighted by atomic mass is 10.2. The van der Waals surface area contributed by atoms with Crippen LogP contribution in [0, 0.1) is 0 Å². The first kappa shape index (κ1) is 18.5. The average molecular weight is 355 g/mol. The number of anilines is 2. The van der Waals surface area contributed by atoms with Gasteiger partial charge in [-0.15, -0.1) is 0 Å². The molecule has 0 aromatic heterocycles. The minimum Gasteiger partial charge on any atom is -0.376 e. The van der Waals surface area contributed by atoms with Crippen LogP contribution in [0.1, 0.15) is 26.2 Å². The van der Waals surface area contributed by atoms with Gasteiger partial charge in [-0.3, -0.25) is 4.72 Å². The van der Waals surface area contributed by atoms with Gasteiger partial charge in [0.05, 0.1) is 18.0 Å². The van der Waals surface area contributed by atoms with Crippen molar-refractivity contribution in [1.82, 2.24) is 4.90 Å². The molecule has 1 fully saturated rings. The second kappa shape index (κ2) is 8.34. The van der Waals surface area contributed by atoms with Crippen LogP contribution in [0.15, 0.2) is 24.3 Å². The van der Waals surface area contributed by atoms with Gasteiger partial charge in [-0.25, -0.2) is 13.2 Å². The molecule has 1 saturated heterocycles. The van der Waals surface area contributed by atoms with Crippen molar-refractivity contribution in [3.05, 3.63) is 24.3 Å². The van der Waals surface area contributed by atoms with Crippen LogP contribution in [-0.4, -0.2) is 51.4 Å². The summed E-state index contributed by atoms with van der Waals surface area (Å²) in [6.07, 6.45) is 4.05. The minimum atomic E-state index is -3.35. The number of nitrogens with zero attached hydrogens (tertiary/aromatic N) is 1. The van der Waals surface area contributed by atoms with Gasteiger partial charge in [-0.2, -0.15) is 0 Å². The number of hydrogen-bond donors (Lipinski definition) is 2. The van der Waals surface area contributed by atoms with Gasteiger partial charge in [0.2, 0.25) is 10.0 Å². The first-order valence-corrected chi connectivity index (χ1v) is 10.0. The summed E-state index contributed by atoms with van der Waals surface area (Å²) in [7, 11) is -3.35. The fraction of sp³-hybridized carbons (Fsp3) is 0.562. The van der Waals surface area contributed by atoms with Crippen LogP contribution in [0.2, 0.25) is 0 Å². The Balaban J connectivity index is 2.01. The van der Waals surface area contributed by atoms with Gasteiger partial charge in [-0.05, 0) is 37.5 Å². The molecule has 7 nitrogen and oxygen atoms in total. The maximum absolute atomic E-state index is 12.5. The van der Waals surface area contributed by atoms with E-state index < -0.39 is 10.0 Å². The topological polar surface area (TPSA) is 87.7 Å². The number of rotatable bonds is 7. The number of carbonyl (C=O) groups excluding carboxylic acids is 1. The van der Waals surface area contributed by atoms with Crippen molar-refractivity contribution in [2.45, 2.75) is 32.3 Å². The quantitative estimate of drug-likeness (QED) is 0.786. The molecule has 24 heavy (non-hydrogen) atoms. The van der Waals surface area contributed by atoms with Crippen molar-refractivity contribution in [2.24, 2.45) is 0 Å². The molecule has 0 saturated carbocycles. The summed E-state index contributed by atoms with van der Waals surface area (Å²) < 4.78 is 30.6. The van der Waals surface area contributed by atoms with Crippen LogP contribution in [-0.2, 0) is 14.8 Å². The molecule has 1 heterocycles. The highest BCUT2D eigenvalue weighted by atomic mass is 32.2. The maximum atomic E-state index is 12.5. The number of ether oxygens (including phenoxy) is 1. The first-order valence-electron chi connectivity index (χ1n) is 8.13. The molecule has 134 valence electrons. The van der Waals surface area contributed by atoms with E-state index in [0.29, 0.717) is 24.5 Å². The Kier molecular flexibility index (Phi) is 6.44. The van der Waals surface area contributed by atoms with E-state index >= 15 is 0 Å². The van der Waals surface area contributed by atoms with E-state index in [1.54, 1.807) is 29.2 Å². The molecule has 1 atom stereocenters. The van der Waals surface area contributed by atoms with E-state index in [1.807, 2.05) is 6.92 Å². The van der Waals surface area contributed by atoms with Crippen LogP contribution in [0.3, 0.4) is 0 Å². The lowest BCUT2D eigenvalue weighted by Crippen LogP contribution is -2.40. The van der Waals surface area contributed by atoms with Crippen molar-refractivity contribution in [2.75, 3.05) is 36.0 Å². The zero-order valence-corrected chi connectivity index (χ0v) is 14.9. The fourth-order valence-electron chi connectivity index (χ4n) is 2.66. The van der Waals surface area contributed by atoms with Gasteiger partial charge in [0.1, 0.15) is 0 Å². The molecule has 8 heteroatoms. The summed E-state index contributed by atoms with van der Waals surface area (Å²) in [6, 6.07) is 6.43. The lowest BCUT2D eigenvalue weighted by Gasteiger charge is -2.25. The van der Waals surface area contributed by atoms with Gasteiger partial charge in [0, 0.05) is 25.4 Å². The van der Waals surface area contributed by atoms with Crippen molar-refractivity contribution >= 4 is 27.4 Å². The summed E-state index contributed by atoms with van der Waals surface area (Å²) in [6.45, 7) is 3.99. The Labute approximate surface area is 143 Å². The van der Waals surface area contributed by atoms with E-state index in [2.05, 4.69) is 10.0 Å². The summed E-state index contributed by atoms with van der Waals surface area (Å²) in [5.41, 5.74) is 0.957. The summed E-state index contributed by atoms with van der Waals surface area (Å²) in [5, 5.41) is 2.82. The molecule has 1 aromatic carbocycles. The van der Waals surface area contributed by atoms with Crippen molar-refractivity contribution < 1.29 is 17.9 Å². The zero-order chi connectivity index (χ0) is 17.6. The number of urea groups is 1. The molecule has 1 aromatic rings. The van der Waals surface area contributed by atoms with Crippen LogP contribution >= 0.6 is 0 Å². The predicted octanol–water partition coefficient (Wildman–Crippen LogP) is 2.48. The fourth-order valence-corrected chi connectivity index (χ4v) is 3.21. The number of hydrogen-bond acceptors (Lipinski definition) is 4. The molecule has 0 radical (unpaired) electrons. The molecule has 0 bridgehead atoms. The molecule has 1 aliphatic rings. The van der Waals surface area contributed by atoms with Crippen molar-refractivity contribution in [3.63, 3.8) is 0 Å². The minimum absolute atomic E-state index is 0.0977. The number of amides is 2. The van der Waals surface area contributed by atoms with E-state index in [9.17, 15) is 13.2 Å². The molecule has 1 aliphatic heterocycles. The predicted molar refractivity (Wildman–Crippen MR) is 94.8 cm³/mol. The SMILES string of the molecule is CCCN(C[C@H]1CCCO1)C(=O)Nc1cccc(NS(C)(=O)=O)c1. The van der Waals surface area contributed by atoms with Gasteiger partial charge < -0.3 is 15.0 Å². The average Bonchev–Trinajstić information content (AvgIpc) is 2.98. The highest BCUT2D eigenvalue weighted by Gasteiger charge is 2.22. The third-order valence-electron chi connectivity index (χ3n) is 3.65. The number of sulfonamides is 1. The van der Waals surface area contributed by atoms with Crippen molar-refractivity contribution in [1.29, 1.82) is 0 Å². The third kappa shape index (κ3) is 6.01. The number of carbonyl (C=O) groups is 1. The lowest BCUT2D eigenvalue weighted by molar-refractivity contribution is 0.0836. The highest BCUT2D eigenvalue weighted by Crippen LogP contribution is 2.18. The molecular formula is C16H25N3O4S. The van der Waals surface area contributed by atoms with Crippen LogP contribution in [0.5, 0.6) is 0 Å². The van der Waals surface area contributed by atoms with E-state index in [1.165, 1.54) is 0 Å². The monoisotopic (exact) mass is 355 g/mol. The number of nitrogens with one attached hydrogen (secondary N) is 2. The Morgan fingerprint density at radius 1 is 1.38 bits per heavy atom. The zero-order valence-electron chi connectivity index (χ0n) is 14.1. The number of benzene rings is 1.